The van der Waals surface area contributed by atoms with Gasteiger partial charge in [-0.1, -0.05) is 18.2 Å². The molecule has 206 valence electrons. The van der Waals surface area contributed by atoms with Gasteiger partial charge in [0, 0.05) is 49.0 Å². The van der Waals surface area contributed by atoms with Crippen LogP contribution in [0.25, 0.3) is 10.9 Å². The molecule has 1 aliphatic heterocycles. The normalized spacial score (nSPS) is 16.5. The summed E-state index contributed by atoms with van der Waals surface area (Å²) >= 11 is 0. The molecule has 2 aromatic heterocycles. The molecule has 2 aromatic carbocycles. The molecule has 2 atom stereocenters. The van der Waals surface area contributed by atoms with E-state index in [2.05, 4.69) is 32.1 Å². The summed E-state index contributed by atoms with van der Waals surface area (Å²) in [6.45, 7) is 5.38. The van der Waals surface area contributed by atoms with Crippen molar-refractivity contribution in [1.29, 1.82) is 0 Å². The second-order valence-electron chi connectivity index (χ2n) is 10.4. The predicted molar refractivity (Wildman–Crippen MR) is 158 cm³/mol. The Hall–Kier alpha value is -4.57. The minimum atomic E-state index is -0.708. The Bertz CT molecular complexity index is 1570. The van der Waals surface area contributed by atoms with Gasteiger partial charge in [-0.3, -0.25) is 9.59 Å². The molecular formula is C30H34N8O2. The minimum absolute atomic E-state index is 0.212. The maximum atomic E-state index is 13.2. The second kappa shape index (κ2) is 10.9. The van der Waals surface area contributed by atoms with Crippen LogP contribution in [-0.4, -0.2) is 52.9 Å². The Morgan fingerprint density at radius 3 is 2.65 bits per heavy atom. The quantitative estimate of drug-likeness (QED) is 0.308. The highest BCUT2D eigenvalue weighted by Crippen LogP contribution is 2.35. The van der Waals surface area contributed by atoms with Gasteiger partial charge in [-0.25, -0.2) is 15.0 Å². The summed E-state index contributed by atoms with van der Waals surface area (Å²) in [5.41, 5.74) is 14.1. The summed E-state index contributed by atoms with van der Waals surface area (Å²) < 4.78 is 0. The number of hydrogen-bond donors (Lipinski definition) is 3. The Morgan fingerprint density at radius 1 is 1.12 bits per heavy atom. The number of nitrogens with two attached hydrogens (primary N) is 2. The third-order valence-electron chi connectivity index (χ3n) is 7.96. The number of benzene rings is 2. The molecule has 0 saturated carbocycles. The summed E-state index contributed by atoms with van der Waals surface area (Å²) in [6, 6.07) is 16.9. The number of carbonyl (C=O) groups excluding carboxylic acids is 2. The fraction of sp³-hybridized carbons (Fsp3) is 0.300. The van der Waals surface area contributed by atoms with E-state index in [0.717, 1.165) is 30.8 Å². The molecule has 1 saturated heterocycles. The van der Waals surface area contributed by atoms with Crippen LogP contribution in [-0.2, 0) is 5.54 Å². The highest BCUT2D eigenvalue weighted by molar-refractivity contribution is 6.07. The van der Waals surface area contributed by atoms with E-state index in [4.69, 9.17) is 11.5 Å². The number of hydrogen-bond acceptors (Lipinski definition) is 8. The predicted octanol–water partition coefficient (Wildman–Crippen LogP) is 3.68. The molecule has 40 heavy (non-hydrogen) atoms. The number of nitrogens with zero attached hydrogens (tertiary/aromatic N) is 5. The maximum Gasteiger partial charge on any atom is 0.255 e. The molecule has 0 spiro atoms. The lowest BCUT2D eigenvalue weighted by Gasteiger charge is -2.40. The molecule has 10 nitrogen and oxygen atoms in total. The molecule has 1 fully saturated rings. The van der Waals surface area contributed by atoms with Crippen molar-refractivity contribution in [3.8, 4) is 0 Å². The largest absolute Gasteiger partial charge is 0.366 e. The first kappa shape index (κ1) is 27.0. The van der Waals surface area contributed by atoms with Crippen LogP contribution in [0.15, 0.2) is 67.1 Å². The number of nitrogens with one attached hydrogen (secondary N) is 1. The number of fused-ring (bicyclic) bond motifs is 1. The Balaban J connectivity index is 1.43. The molecule has 0 aliphatic carbocycles. The molecule has 0 radical (unpaired) electrons. The SMILES string of the molecule is CC1CCCN1c1cc(C(=O)Nc2cccc(C(C)(CN)N(C)c3ncnc4c(C(N)=O)cccc34)c2)ccn1. The molecule has 10 heteroatoms. The van der Waals surface area contributed by atoms with E-state index in [1.165, 1.54) is 6.33 Å². The van der Waals surface area contributed by atoms with Crippen molar-refractivity contribution in [3.05, 3.63) is 83.8 Å². The molecular weight excluding hydrogens is 504 g/mol. The van der Waals surface area contributed by atoms with E-state index in [1.807, 2.05) is 55.3 Å². The molecule has 0 bridgehead atoms. The van der Waals surface area contributed by atoms with Crippen molar-refractivity contribution in [2.45, 2.75) is 38.3 Å². The van der Waals surface area contributed by atoms with E-state index in [-0.39, 0.29) is 12.5 Å². The first-order valence-electron chi connectivity index (χ1n) is 13.3. The zero-order chi connectivity index (χ0) is 28.4. The van der Waals surface area contributed by atoms with Gasteiger partial charge in [0.25, 0.3) is 11.8 Å². The number of primary amides is 1. The molecule has 5 rings (SSSR count). The van der Waals surface area contributed by atoms with Crippen LogP contribution in [0.3, 0.4) is 0 Å². The summed E-state index contributed by atoms with van der Waals surface area (Å²) in [7, 11) is 1.90. The zero-order valence-corrected chi connectivity index (χ0v) is 23.0. The lowest BCUT2D eigenvalue weighted by Crippen LogP contribution is -2.47. The van der Waals surface area contributed by atoms with Crippen LogP contribution < -0.4 is 26.6 Å². The van der Waals surface area contributed by atoms with Crippen molar-refractivity contribution in [2.24, 2.45) is 11.5 Å². The zero-order valence-electron chi connectivity index (χ0n) is 23.0. The van der Waals surface area contributed by atoms with Gasteiger partial charge in [0.1, 0.15) is 18.0 Å². The third-order valence-corrected chi connectivity index (χ3v) is 7.96. The van der Waals surface area contributed by atoms with Gasteiger partial charge in [-0.2, -0.15) is 0 Å². The number of amides is 2. The van der Waals surface area contributed by atoms with Gasteiger partial charge in [0.05, 0.1) is 16.6 Å². The number of carbonyl (C=O) groups is 2. The lowest BCUT2D eigenvalue weighted by molar-refractivity contribution is 0.0998. The molecule has 5 N–H and O–H groups in total. The average Bonchev–Trinajstić information content (AvgIpc) is 3.41. The first-order chi connectivity index (χ1) is 19.2. The Labute approximate surface area is 233 Å². The van der Waals surface area contributed by atoms with Gasteiger partial charge >= 0.3 is 0 Å². The minimum Gasteiger partial charge on any atom is -0.366 e. The number of rotatable bonds is 8. The fourth-order valence-corrected chi connectivity index (χ4v) is 5.35. The molecule has 2 unspecified atom stereocenters. The molecule has 3 heterocycles. The third kappa shape index (κ3) is 4.93. The molecule has 1 aliphatic rings. The number of para-hydroxylation sites is 1. The van der Waals surface area contributed by atoms with Gasteiger partial charge in [0.2, 0.25) is 0 Å². The van der Waals surface area contributed by atoms with Gasteiger partial charge < -0.3 is 26.6 Å². The monoisotopic (exact) mass is 538 g/mol. The summed E-state index contributed by atoms with van der Waals surface area (Å²) in [5, 5.41) is 3.72. The van der Waals surface area contributed by atoms with Gasteiger partial charge in [-0.15, -0.1) is 0 Å². The number of anilines is 3. The fourth-order valence-electron chi connectivity index (χ4n) is 5.35. The summed E-state index contributed by atoms with van der Waals surface area (Å²) in [4.78, 5) is 42.8. The van der Waals surface area contributed by atoms with Crippen LogP contribution in [0.2, 0.25) is 0 Å². The van der Waals surface area contributed by atoms with Crippen LogP contribution in [0, 0.1) is 0 Å². The Kier molecular flexibility index (Phi) is 7.36. The standard InChI is InChI=1S/C30H34N8O2/c1-19-7-6-14-38(19)25-15-20(12-13-33-25)29(40)36-22-9-4-8-21(16-22)30(2,17-31)37(3)28-24-11-5-10-23(27(32)39)26(24)34-18-35-28/h4-5,8-13,15-16,18-19H,6-7,14,17,31H2,1-3H3,(H2,32,39)(H,36,40). The Morgan fingerprint density at radius 2 is 1.93 bits per heavy atom. The van der Waals surface area contributed by atoms with E-state index >= 15 is 0 Å². The molecule has 2 amide bonds. The maximum absolute atomic E-state index is 13.2. The highest BCUT2D eigenvalue weighted by atomic mass is 16.2. The summed E-state index contributed by atoms with van der Waals surface area (Å²) in [5.74, 6) is 0.659. The lowest BCUT2D eigenvalue weighted by atomic mass is 9.89. The number of aromatic nitrogens is 3. The van der Waals surface area contributed by atoms with E-state index in [1.54, 1.807) is 24.4 Å². The number of likely N-dealkylation sites (N-methyl/N-ethyl adjacent to an activating group) is 1. The average molecular weight is 539 g/mol. The smallest absolute Gasteiger partial charge is 0.255 e. The van der Waals surface area contributed by atoms with Crippen molar-refractivity contribution in [2.75, 3.05) is 35.3 Å². The second-order valence-corrected chi connectivity index (χ2v) is 10.4. The van der Waals surface area contributed by atoms with Crippen LogP contribution >= 0.6 is 0 Å². The van der Waals surface area contributed by atoms with E-state index in [9.17, 15) is 9.59 Å². The van der Waals surface area contributed by atoms with Crippen molar-refractivity contribution < 1.29 is 9.59 Å². The number of pyridine rings is 1. The first-order valence-corrected chi connectivity index (χ1v) is 13.3. The van der Waals surface area contributed by atoms with Crippen molar-refractivity contribution in [1.82, 2.24) is 15.0 Å². The van der Waals surface area contributed by atoms with Crippen LogP contribution in [0.1, 0.15) is 53.0 Å². The van der Waals surface area contributed by atoms with E-state index < -0.39 is 11.4 Å². The van der Waals surface area contributed by atoms with E-state index in [0.29, 0.717) is 39.6 Å². The van der Waals surface area contributed by atoms with Crippen LogP contribution in [0.5, 0.6) is 0 Å². The highest BCUT2D eigenvalue weighted by Gasteiger charge is 2.33. The topological polar surface area (TPSA) is 143 Å². The van der Waals surface area contributed by atoms with Crippen molar-refractivity contribution >= 4 is 40.0 Å². The summed E-state index contributed by atoms with van der Waals surface area (Å²) in [6.07, 6.45) is 5.34. The van der Waals surface area contributed by atoms with Gasteiger partial charge in [-0.05, 0) is 68.7 Å². The van der Waals surface area contributed by atoms with Crippen molar-refractivity contribution in [3.63, 3.8) is 0 Å². The van der Waals surface area contributed by atoms with Crippen LogP contribution in [0.4, 0.5) is 17.3 Å². The molecule has 4 aromatic rings. The van der Waals surface area contributed by atoms with Gasteiger partial charge in [0.15, 0.2) is 0 Å².